The van der Waals surface area contributed by atoms with Crippen LogP contribution < -0.4 is 20.7 Å². The van der Waals surface area contributed by atoms with E-state index in [1.165, 1.54) is 23.3 Å². The Morgan fingerprint density at radius 2 is 2.00 bits per heavy atom. The lowest BCUT2D eigenvalue weighted by Gasteiger charge is -2.19. The van der Waals surface area contributed by atoms with E-state index in [9.17, 15) is 9.59 Å². The van der Waals surface area contributed by atoms with E-state index in [2.05, 4.69) is 20.9 Å². The lowest BCUT2D eigenvalue weighted by atomic mass is 9.98. The molecule has 1 aliphatic carbocycles. The molecule has 3 aromatic rings. The quantitative estimate of drug-likeness (QED) is 0.470. The smallest absolute Gasteiger partial charge is 0.257 e. The van der Waals surface area contributed by atoms with Gasteiger partial charge >= 0.3 is 0 Å². The minimum atomic E-state index is -0.261. The van der Waals surface area contributed by atoms with Gasteiger partial charge in [-0.25, -0.2) is 4.98 Å². The van der Waals surface area contributed by atoms with Crippen LogP contribution in [0.3, 0.4) is 0 Å². The molecule has 1 aromatic heterocycles. The summed E-state index contributed by atoms with van der Waals surface area (Å²) in [6.07, 6.45) is 2.91. The fourth-order valence-corrected chi connectivity index (χ4v) is 5.10. The average molecular weight is 485 g/mol. The van der Waals surface area contributed by atoms with E-state index in [4.69, 9.17) is 16.3 Å². The van der Waals surface area contributed by atoms with Gasteiger partial charge in [-0.3, -0.25) is 14.9 Å². The number of likely N-dealkylation sites (N-methyl/N-ethyl adjacent to an activating group) is 1. The molecule has 9 heteroatoms. The summed E-state index contributed by atoms with van der Waals surface area (Å²) in [5.74, 6) is 0.0267. The number of anilines is 1. The first-order chi connectivity index (χ1) is 16.0. The Kier molecular flexibility index (Phi) is 7.27. The molecule has 172 valence electrons. The van der Waals surface area contributed by atoms with Crippen molar-refractivity contribution in [3.05, 3.63) is 74.7 Å². The van der Waals surface area contributed by atoms with Gasteiger partial charge in [-0.15, -0.1) is 11.3 Å². The first kappa shape index (κ1) is 23.2. The molecule has 0 radical (unpaired) electrons. The van der Waals surface area contributed by atoms with Gasteiger partial charge in [0.15, 0.2) is 5.13 Å². The summed E-state index contributed by atoms with van der Waals surface area (Å²) in [6.45, 7) is 0.278. The highest BCUT2D eigenvalue weighted by molar-refractivity contribution is 7.15. The van der Waals surface area contributed by atoms with E-state index >= 15 is 0 Å². The Labute approximate surface area is 201 Å². The van der Waals surface area contributed by atoms with Crippen molar-refractivity contribution in [2.75, 3.05) is 19.5 Å². The van der Waals surface area contributed by atoms with Crippen LogP contribution in [0.4, 0.5) is 5.13 Å². The number of amides is 2. The largest absolute Gasteiger partial charge is 0.495 e. The van der Waals surface area contributed by atoms with Crippen molar-refractivity contribution in [1.29, 1.82) is 0 Å². The lowest BCUT2D eigenvalue weighted by Crippen LogP contribution is -2.30. The van der Waals surface area contributed by atoms with Gasteiger partial charge in [0.2, 0.25) is 0 Å². The van der Waals surface area contributed by atoms with E-state index in [1.54, 1.807) is 36.4 Å². The molecule has 0 aliphatic heterocycles. The summed E-state index contributed by atoms with van der Waals surface area (Å²) in [5.41, 5.74) is 2.83. The van der Waals surface area contributed by atoms with Crippen LogP contribution in [-0.4, -0.2) is 37.0 Å². The van der Waals surface area contributed by atoms with Crippen molar-refractivity contribution < 1.29 is 14.3 Å². The zero-order chi connectivity index (χ0) is 23.4. The molecule has 0 spiro atoms. The number of aromatic nitrogens is 1. The molecule has 1 atom stereocenters. The third-order valence-corrected chi connectivity index (χ3v) is 6.96. The average Bonchev–Trinajstić information content (AvgIpc) is 3.23. The molecule has 4 rings (SSSR count). The van der Waals surface area contributed by atoms with Gasteiger partial charge in [-0.05, 0) is 62.2 Å². The number of nitrogens with one attached hydrogen (secondary N) is 3. The third kappa shape index (κ3) is 5.52. The van der Waals surface area contributed by atoms with Crippen LogP contribution in [0.5, 0.6) is 5.75 Å². The molecule has 0 saturated carbocycles. The molecule has 7 nitrogen and oxygen atoms in total. The Hall–Kier alpha value is -2.94. The second kappa shape index (κ2) is 10.3. The van der Waals surface area contributed by atoms with Gasteiger partial charge in [0, 0.05) is 28.6 Å². The van der Waals surface area contributed by atoms with Crippen molar-refractivity contribution >= 4 is 39.9 Å². The van der Waals surface area contributed by atoms with E-state index in [0.717, 1.165) is 30.5 Å². The predicted molar refractivity (Wildman–Crippen MR) is 131 cm³/mol. The van der Waals surface area contributed by atoms with Crippen LogP contribution >= 0.6 is 22.9 Å². The number of carbonyl (C=O) groups is 2. The number of hydrogen-bond donors (Lipinski definition) is 3. The summed E-state index contributed by atoms with van der Waals surface area (Å²) in [6, 6.07) is 12.5. The molecular weight excluding hydrogens is 460 g/mol. The van der Waals surface area contributed by atoms with Crippen molar-refractivity contribution in [1.82, 2.24) is 15.6 Å². The van der Waals surface area contributed by atoms with Gasteiger partial charge in [0.05, 0.1) is 17.8 Å². The van der Waals surface area contributed by atoms with Gasteiger partial charge in [-0.2, -0.15) is 0 Å². The number of aryl methyl sites for hydroxylation is 1. The normalized spacial score (nSPS) is 14.9. The molecule has 2 amide bonds. The maximum Gasteiger partial charge on any atom is 0.257 e. The number of rotatable bonds is 7. The summed E-state index contributed by atoms with van der Waals surface area (Å²) in [7, 11) is 3.49. The van der Waals surface area contributed by atoms with Crippen LogP contribution in [0.1, 0.15) is 43.3 Å². The number of thiazole rings is 1. The van der Waals surface area contributed by atoms with Crippen LogP contribution in [0, 0.1) is 0 Å². The highest BCUT2D eigenvalue weighted by Gasteiger charge is 2.22. The van der Waals surface area contributed by atoms with E-state index in [-0.39, 0.29) is 18.4 Å². The fraction of sp³-hybridized carbons (Fsp3) is 0.292. The Morgan fingerprint density at radius 1 is 1.18 bits per heavy atom. The zero-order valence-electron chi connectivity index (χ0n) is 18.4. The minimum Gasteiger partial charge on any atom is -0.495 e. The molecular formula is C24H25ClN4O3S. The topological polar surface area (TPSA) is 92.4 Å². The highest BCUT2D eigenvalue weighted by atomic mass is 35.5. The van der Waals surface area contributed by atoms with E-state index < -0.39 is 0 Å². The first-order valence-corrected chi connectivity index (χ1v) is 11.8. The number of fused-ring (bicyclic) bond motifs is 1. The number of methoxy groups -OCH3 is 1. The van der Waals surface area contributed by atoms with Crippen molar-refractivity contribution in [3.63, 3.8) is 0 Å². The zero-order valence-corrected chi connectivity index (χ0v) is 20.0. The number of nitrogens with zero attached hydrogens (tertiary/aromatic N) is 1. The molecule has 1 aliphatic rings. The Morgan fingerprint density at radius 3 is 2.76 bits per heavy atom. The summed E-state index contributed by atoms with van der Waals surface area (Å²) >= 11 is 7.64. The number of ether oxygens (including phenoxy) is 1. The van der Waals surface area contributed by atoms with Gasteiger partial charge in [0.25, 0.3) is 11.8 Å². The van der Waals surface area contributed by atoms with Crippen LogP contribution in [0.15, 0.2) is 42.5 Å². The van der Waals surface area contributed by atoms with Crippen molar-refractivity contribution in [2.24, 2.45) is 0 Å². The number of carbonyl (C=O) groups excluding carboxylic acids is 2. The molecule has 3 N–H and O–H groups in total. The van der Waals surface area contributed by atoms with Crippen LogP contribution in [0.2, 0.25) is 5.02 Å². The molecule has 0 unspecified atom stereocenters. The van der Waals surface area contributed by atoms with Crippen LogP contribution in [-0.2, 0) is 19.4 Å². The number of benzene rings is 2. The standard InChI is InChI=1S/C24H25ClN4O3S/c1-26-17-7-8-19-21(12-17)33-24(28-19)29-23(31)15-5-3-4-14(10-15)13-27-22(30)16-6-9-20(32-2)18(25)11-16/h3-6,9-11,17,26H,7-8,12-13H2,1-2H3,(H,27,30)(H,28,29,31)/t17-/m0/s1. The molecule has 0 bridgehead atoms. The monoisotopic (exact) mass is 484 g/mol. The maximum atomic E-state index is 12.8. The molecule has 0 saturated heterocycles. The molecule has 0 fully saturated rings. The van der Waals surface area contributed by atoms with Gasteiger partial charge < -0.3 is 15.4 Å². The van der Waals surface area contributed by atoms with Crippen LogP contribution in [0.25, 0.3) is 0 Å². The highest BCUT2D eigenvalue weighted by Crippen LogP contribution is 2.30. The lowest BCUT2D eigenvalue weighted by molar-refractivity contribution is 0.0950. The molecule has 2 aromatic carbocycles. The molecule has 33 heavy (non-hydrogen) atoms. The summed E-state index contributed by atoms with van der Waals surface area (Å²) in [4.78, 5) is 31.1. The second-order valence-corrected chi connectivity index (χ2v) is 9.29. The third-order valence-electron chi connectivity index (χ3n) is 5.62. The fourth-order valence-electron chi connectivity index (χ4n) is 3.76. The van der Waals surface area contributed by atoms with Crippen molar-refractivity contribution in [3.8, 4) is 5.75 Å². The molecule has 1 heterocycles. The second-order valence-electron chi connectivity index (χ2n) is 7.80. The SMILES string of the molecule is CN[C@H]1CCc2nc(NC(=O)c3cccc(CNC(=O)c4ccc(OC)c(Cl)c4)c3)sc2C1. The number of hydrogen-bond acceptors (Lipinski definition) is 6. The Bertz CT molecular complexity index is 1180. The first-order valence-electron chi connectivity index (χ1n) is 10.6. The van der Waals surface area contributed by atoms with Gasteiger partial charge in [0.1, 0.15) is 5.75 Å². The Balaban J connectivity index is 1.37. The van der Waals surface area contributed by atoms with E-state index in [1.807, 2.05) is 13.1 Å². The number of halogens is 1. The van der Waals surface area contributed by atoms with E-state index in [0.29, 0.717) is 33.1 Å². The predicted octanol–water partition coefficient (Wildman–Crippen LogP) is 4.06. The summed E-state index contributed by atoms with van der Waals surface area (Å²) in [5, 5.41) is 10.1. The minimum absolute atomic E-state index is 0.221. The van der Waals surface area contributed by atoms with Crippen molar-refractivity contribution in [2.45, 2.75) is 31.8 Å². The van der Waals surface area contributed by atoms with Gasteiger partial charge in [-0.1, -0.05) is 23.7 Å². The summed E-state index contributed by atoms with van der Waals surface area (Å²) < 4.78 is 5.11. The maximum absolute atomic E-state index is 12.8.